The van der Waals surface area contributed by atoms with Crippen LogP contribution in [0.2, 0.25) is 0 Å². The van der Waals surface area contributed by atoms with Crippen LogP contribution in [0.1, 0.15) is 84.4 Å². The Hall–Kier alpha value is -6.70. The lowest BCUT2D eigenvalue weighted by Crippen LogP contribution is -2.54. The van der Waals surface area contributed by atoms with Crippen LogP contribution in [-0.4, -0.2) is 112 Å². The molecule has 65 heavy (non-hydrogen) atoms. The van der Waals surface area contributed by atoms with Gasteiger partial charge >= 0.3 is 12.2 Å². The van der Waals surface area contributed by atoms with E-state index in [1.165, 1.54) is 16.8 Å². The zero-order valence-corrected chi connectivity index (χ0v) is 38.7. The number of ether oxygens (including phenoxy) is 2. The lowest BCUT2D eigenvalue weighted by Gasteiger charge is -2.34. The van der Waals surface area contributed by atoms with Gasteiger partial charge in [-0.2, -0.15) is 0 Å². The molecule has 344 valence electrons. The Morgan fingerprint density at radius 2 is 1.00 bits per heavy atom. The lowest BCUT2D eigenvalue weighted by molar-refractivity contribution is -0.141. The quantitative estimate of drug-likeness (QED) is 0.144. The third kappa shape index (κ3) is 12.3. The Bertz CT molecular complexity index is 2310. The zero-order valence-electron chi connectivity index (χ0n) is 38.7. The van der Waals surface area contributed by atoms with Crippen molar-refractivity contribution < 1.29 is 38.2 Å². The molecule has 2 N–H and O–H groups in total. The molecular weight excluding hydrogens is 825 g/mol. The largest absolute Gasteiger partial charge is 0.444 e. The van der Waals surface area contributed by atoms with E-state index < -0.39 is 47.6 Å². The Labute approximate surface area is 382 Å². The number of hydrogen-bond donors (Lipinski definition) is 2. The van der Waals surface area contributed by atoms with Crippen molar-refractivity contribution in [1.29, 1.82) is 0 Å². The highest BCUT2D eigenvalue weighted by Crippen LogP contribution is 2.31. The van der Waals surface area contributed by atoms with Gasteiger partial charge in [-0.3, -0.25) is 29.0 Å². The minimum Gasteiger partial charge on any atom is -0.444 e. The maximum absolute atomic E-state index is 14.2. The lowest BCUT2D eigenvalue weighted by atomic mass is 10.0. The number of rotatable bonds is 12. The molecule has 0 saturated carbocycles. The molecule has 2 heterocycles. The highest BCUT2D eigenvalue weighted by atomic mass is 16.6. The van der Waals surface area contributed by atoms with Crippen molar-refractivity contribution in [3.8, 4) is 11.1 Å². The van der Waals surface area contributed by atoms with E-state index >= 15 is 0 Å². The number of likely N-dealkylation sites (N-methyl/N-ethyl adjacent to an activating group) is 2. The van der Waals surface area contributed by atoms with Gasteiger partial charge < -0.3 is 29.9 Å². The Kier molecular flexibility index (Phi) is 15.0. The zero-order chi connectivity index (χ0) is 47.1. The summed E-state index contributed by atoms with van der Waals surface area (Å²) in [7, 11) is 3.09. The minimum absolute atomic E-state index is 0.265. The van der Waals surface area contributed by atoms with Gasteiger partial charge in [0.15, 0.2) is 0 Å². The SMILES string of the molecule is CN(C(=O)OC(C)(C)C)[C@H](C(=O)N1CCC[C@H]1C(=O)Nc1ccc(-c2ccc(NC(=O)[C@@H]3CCCN3C(=O)[C@H](Cc3ccccc3)N(C)C(=O)OC(C)(C)C)cc2)cc1)c1ccccc1. The van der Waals surface area contributed by atoms with E-state index in [1.807, 2.05) is 60.7 Å². The van der Waals surface area contributed by atoms with Gasteiger partial charge in [-0.15, -0.1) is 0 Å². The number of hydrogen-bond acceptors (Lipinski definition) is 8. The van der Waals surface area contributed by atoms with Crippen LogP contribution in [0.25, 0.3) is 11.1 Å². The summed E-state index contributed by atoms with van der Waals surface area (Å²) in [6.07, 6.45) is 1.26. The minimum atomic E-state index is -0.984. The molecule has 0 bridgehead atoms. The molecule has 0 aromatic heterocycles. The van der Waals surface area contributed by atoms with E-state index in [1.54, 1.807) is 107 Å². The van der Waals surface area contributed by atoms with E-state index in [0.717, 1.165) is 16.7 Å². The normalized spacial score (nSPS) is 17.1. The number of carbonyl (C=O) groups excluding carboxylic acids is 6. The molecule has 0 unspecified atom stereocenters. The molecule has 4 atom stereocenters. The van der Waals surface area contributed by atoms with Crippen LogP contribution in [0.4, 0.5) is 21.0 Å². The molecule has 4 aromatic rings. The standard InChI is InChI=1S/C51H62N6O8/c1-50(2,3)64-48(62)54(7)42(33-34-17-11-9-12-18-34)46(60)56-31-15-21-40(56)44(58)52-38-27-23-35(24-28-38)36-25-29-39(30-26-36)53-45(59)41-22-16-32-57(41)47(61)43(37-19-13-10-14-20-37)55(8)49(63)65-51(4,5)6/h9-14,17-20,23-30,40-43H,15-16,21-22,31-33H2,1-8H3,(H,52,58)(H,53,59)/t40-,41-,42-,43-/m0/s1. The predicted molar refractivity (Wildman–Crippen MR) is 250 cm³/mol. The Balaban J connectivity index is 1.08. The predicted octanol–water partition coefficient (Wildman–Crippen LogP) is 8.30. The first kappa shape index (κ1) is 47.8. The number of likely N-dealkylation sites (tertiary alicyclic amines) is 2. The number of nitrogens with zero attached hydrogens (tertiary/aromatic N) is 4. The smallest absolute Gasteiger partial charge is 0.410 e. The molecule has 2 aliphatic heterocycles. The van der Waals surface area contributed by atoms with Crippen molar-refractivity contribution in [1.82, 2.24) is 19.6 Å². The van der Waals surface area contributed by atoms with Crippen LogP contribution in [0.3, 0.4) is 0 Å². The molecule has 2 fully saturated rings. The molecule has 0 aliphatic carbocycles. The third-order valence-electron chi connectivity index (χ3n) is 11.4. The van der Waals surface area contributed by atoms with Crippen molar-refractivity contribution >= 4 is 47.2 Å². The summed E-state index contributed by atoms with van der Waals surface area (Å²) in [4.78, 5) is 88.0. The molecule has 14 nitrogen and oxygen atoms in total. The molecule has 6 amide bonds. The van der Waals surface area contributed by atoms with Gasteiger partial charge in [-0.1, -0.05) is 84.9 Å². The number of anilines is 2. The van der Waals surface area contributed by atoms with Gasteiger partial charge in [0.05, 0.1) is 0 Å². The van der Waals surface area contributed by atoms with Crippen molar-refractivity contribution in [3.63, 3.8) is 0 Å². The Morgan fingerprint density at radius 1 is 0.585 bits per heavy atom. The molecule has 2 saturated heterocycles. The summed E-state index contributed by atoms with van der Waals surface area (Å²) < 4.78 is 11.2. The third-order valence-corrected chi connectivity index (χ3v) is 11.4. The van der Waals surface area contributed by atoms with Gasteiger partial charge in [0.25, 0.3) is 5.91 Å². The summed E-state index contributed by atoms with van der Waals surface area (Å²) in [5.41, 5.74) is 2.86. The van der Waals surface area contributed by atoms with Gasteiger partial charge in [0.2, 0.25) is 17.7 Å². The average molecular weight is 887 g/mol. The fourth-order valence-electron chi connectivity index (χ4n) is 8.19. The molecule has 6 rings (SSSR count). The van der Waals surface area contributed by atoms with E-state index in [-0.39, 0.29) is 30.0 Å². The second kappa shape index (κ2) is 20.4. The number of benzene rings is 4. The van der Waals surface area contributed by atoms with Crippen LogP contribution in [-0.2, 0) is 35.1 Å². The van der Waals surface area contributed by atoms with Crippen molar-refractivity contribution in [2.75, 3.05) is 37.8 Å². The molecule has 4 aromatic carbocycles. The Morgan fingerprint density at radius 3 is 1.45 bits per heavy atom. The van der Waals surface area contributed by atoms with Crippen LogP contribution in [0.15, 0.2) is 109 Å². The topological polar surface area (TPSA) is 158 Å². The number of nitrogens with one attached hydrogen (secondary N) is 2. The van der Waals surface area contributed by atoms with Gasteiger partial charge in [0, 0.05) is 45.0 Å². The number of carbonyl (C=O) groups is 6. The maximum atomic E-state index is 14.2. The maximum Gasteiger partial charge on any atom is 0.410 e. The second-order valence-corrected chi connectivity index (χ2v) is 18.7. The van der Waals surface area contributed by atoms with E-state index in [9.17, 15) is 28.8 Å². The molecule has 2 aliphatic rings. The van der Waals surface area contributed by atoms with Gasteiger partial charge in [-0.05, 0) is 114 Å². The first-order valence-corrected chi connectivity index (χ1v) is 22.2. The van der Waals surface area contributed by atoms with E-state index in [4.69, 9.17) is 9.47 Å². The fraction of sp³-hybridized carbons (Fsp3) is 0.412. The fourth-order valence-corrected chi connectivity index (χ4v) is 8.19. The van der Waals surface area contributed by atoms with Crippen molar-refractivity contribution in [2.24, 2.45) is 0 Å². The molecule has 0 spiro atoms. The summed E-state index contributed by atoms with van der Waals surface area (Å²) in [6, 6.07) is 29.9. The average Bonchev–Trinajstić information content (AvgIpc) is 3.97. The summed E-state index contributed by atoms with van der Waals surface area (Å²) in [5, 5.41) is 5.96. The molecular formula is C51H62N6O8. The van der Waals surface area contributed by atoms with E-state index in [0.29, 0.717) is 55.7 Å². The van der Waals surface area contributed by atoms with Crippen LogP contribution < -0.4 is 10.6 Å². The summed E-state index contributed by atoms with van der Waals surface area (Å²) in [5.74, 6) is -1.31. The first-order valence-electron chi connectivity index (χ1n) is 22.2. The molecule has 14 heteroatoms. The summed E-state index contributed by atoms with van der Waals surface area (Å²) >= 11 is 0. The second-order valence-electron chi connectivity index (χ2n) is 18.7. The van der Waals surface area contributed by atoms with Crippen molar-refractivity contribution in [2.45, 2.75) is 109 Å². The number of amides is 6. The van der Waals surface area contributed by atoms with Crippen LogP contribution >= 0.6 is 0 Å². The van der Waals surface area contributed by atoms with Crippen molar-refractivity contribution in [3.05, 3.63) is 120 Å². The van der Waals surface area contributed by atoms with Gasteiger partial charge in [0.1, 0.15) is 35.4 Å². The van der Waals surface area contributed by atoms with Crippen LogP contribution in [0, 0.1) is 0 Å². The van der Waals surface area contributed by atoms with Gasteiger partial charge in [-0.25, -0.2) is 9.59 Å². The van der Waals surface area contributed by atoms with Crippen LogP contribution in [0.5, 0.6) is 0 Å². The summed E-state index contributed by atoms with van der Waals surface area (Å²) in [6.45, 7) is 11.4. The van der Waals surface area contributed by atoms with E-state index in [2.05, 4.69) is 10.6 Å². The highest BCUT2D eigenvalue weighted by Gasteiger charge is 2.42. The molecule has 0 radical (unpaired) electrons. The highest BCUT2D eigenvalue weighted by molar-refractivity contribution is 6.00. The monoisotopic (exact) mass is 886 g/mol. The first-order chi connectivity index (χ1) is 30.8.